The van der Waals surface area contributed by atoms with E-state index in [-0.39, 0.29) is 0 Å². The van der Waals surface area contributed by atoms with Crippen molar-refractivity contribution >= 4 is 6.21 Å². The topological polar surface area (TPSA) is 47.6 Å². The lowest BCUT2D eigenvalue weighted by Gasteiger charge is -1.91. The van der Waals surface area contributed by atoms with E-state index in [1.165, 1.54) is 6.21 Å². The standard InChI is InChI=1S/C8H6N2/c9-5-7-3-1-2-4-8(7)6-10/h1-5,9H. The molecule has 0 aliphatic rings. The lowest BCUT2D eigenvalue weighted by Crippen LogP contribution is -1.84. The third kappa shape index (κ3) is 1.03. The molecule has 1 rings (SSSR count). The lowest BCUT2D eigenvalue weighted by atomic mass is 10.1. The lowest BCUT2D eigenvalue weighted by molar-refractivity contribution is 1.46. The minimum absolute atomic E-state index is 0.553. The molecule has 2 nitrogen and oxygen atoms in total. The maximum absolute atomic E-state index is 8.50. The van der Waals surface area contributed by atoms with Gasteiger partial charge in [-0.3, -0.25) is 0 Å². The van der Waals surface area contributed by atoms with Crippen LogP contribution in [0.3, 0.4) is 0 Å². The highest BCUT2D eigenvalue weighted by atomic mass is 14.3. The second-order valence-electron chi connectivity index (χ2n) is 1.84. The Morgan fingerprint density at radius 3 is 2.60 bits per heavy atom. The summed E-state index contributed by atoms with van der Waals surface area (Å²) in [4.78, 5) is 0. The number of rotatable bonds is 1. The van der Waals surface area contributed by atoms with Gasteiger partial charge in [0.2, 0.25) is 0 Å². The van der Waals surface area contributed by atoms with Gasteiger partial charge in [0.05, 0.1) is 11.6 Å². The molecule has 1 aromatic carbocycles. The van der Waals surface area contributed by atoms with E-state index < -0.39 is 0 Å². The maximum atomic E-state index is 8.50. The van der Waals surface area contributed by atoms with Crippen LogP contribution < -0.4 is 0 Å². The molecule has 0 radical (unpaired) electrons. The number of hydrogen-bond acceptors (Lipinski definition) is 2. The molecule has 0 unspecified atom stereocenters. The molecule has 1 N–H and O–H groups in total. The van der Waals surface area contributed by atoms with Gasteiger partial charge in [0.1, 0.15) is 0 Å². The number of benzene rings is 1. The summed E-state index contributed by atoms with van der Waals surface area (Å²) in [7, 11) is 0. The number of nitrogens with zero attached hydrogens (tertiary/aromatic N) is 1. The molecule has 0 atom stereocenters. The van der Waals surface area contributed by atoms with Gasteiger partial charge in [-0.15, -0.1) is 0 Å². The highest BCUT2D eigenvalue weighted by Crippen LogP contribution is 2.02. The Balaban J connectivity index is 3.24. The van der Waals surface area contributed by atoms with Gasteiger partial charge in [0.15, 0.2) is 0 Å². The summed E-state index contributed by atoms with van der Waals surface area (Å²) in [6.07, 6.45) is 1.18. The molecule has 0 fully saturated rings. The first-order valence-corrected chi connectivity index (χ1v) is 2.88. The molecule has 0 aliphatic carbocycles. The van der Waals surface area contributed by atoms with Gasteiger partial charge in [-0.25, -0.2) is 0 Å². The van der Waals surface area contributed by atoms with Gasteiger partial charge in [0, 0.05) is 11.8 Å². The molecule has 0 aromatic heterocycles. The van der Waals surface area contributed by atoms with Crippen molar-refractivity contribution in [1.29, 1.82) is 10.7 Å². The molecular weight excluding hydrogens is 124 g/mol. The number of nitrogens with one attached hydrogen (secondary N) is 1. The Hall–Kier alpha value is -1.62. The molecular formula is C8H6N2. The molecule has 10 heavy (non-hydrogen) atoms. The third-order valence-electron chi connectivity index (χ3n) is 1.24. The van der Waals surface area contributed by atoms with Crippen molar-refractivity contribution < 1.29 is 0 Å². The quantitative estimate of drug-likeness (QED) is 0.576. The zero-order chi connectivity index (χ0) is 7.40. The van der Waals surface area contributed by atoms with E-state index in [4.69, 9.17) is 10.7 Å². The summed E-state index contributed by atoms with van der Waals surface area (Å²) >= 11 is 0. The predicted molar refractivity (Wildman–Crippen MR) is 39.0 cm³/mol. The first-order chi connectivity index (χ1) is 4.88. The Bertz CT molecular complexity index is 284. The van der Waals surface area contributed by atoms with Gasteiger partial charge < -0.3 is 5.41 Å². The average molecular weight is 130 g/mol. The number of nitriles is 1. The molecule has 1 aromatic rings. The van der Waals surface area contributed by atoms with Crippen LogP contribution in [0.2, 0.25) is 0 Å². The van der Waals surface area contributed by atoms with Crippen molar-refractivity contribution in [3.05, 3.63) is 35.4 Å². The molecule has 0 saturated carbocycles. The van der Waals surface area contributed by atoms with Crippen LogP contribution in [0.5, 0.6) is 0 Å². The normalized spacial score (nSPS) is 8.30. The van der Waals surface area contributed by atoms with Gasteiger partial charge in [0.25, 0.3) is 0 Å². The molecule has 48 valence electrons. The molecule has 0 spiro atoms. The highest BCUT2D eigenvalue weighted by Gasteiger charge is 1.93. The highest BCUT2D eigenvalue weighted by molar-refractivity contribution is 5.80. The third-order valence-corrected chi connectivity index (χ3v) is 1.24. The van der Waals surface area contributed by atoms with Crippen LogP contribution in [-0.2, 0) is 0 Å². The van der Waals surface area contributed by atoms with Crippen molar-refractivity contribution in [1.82, 2.24) is 0 Å². The van der Waals surface area contributed by atoms with E-state index in [9.17, 15) is 0 Å². The fourth-order valence-corrected chi connectivity index (χ4v) is 0.725. The van der Waals surface area contributed by atoms with Crippen LogP contribution in [-0.4, -0.2) is 6.21 Å². The molecule has 0 saturated heterocycles. The molecule has 0 heterocycles. The summed E-state index contributed by atoms with van der Waals surface area (Å²) in [5, 5.41) is 15.4. The SMILES string of the molecule is N#Cc1ccccc1C=N. The first kappa shape index (κ1) is 6.50. The molecule has 2 heteroatoms. The van der Waals surface area contributed by atoms with E-state index >= 15 is 0 Å². The smallest absolute Gasteiger partial charge is 0.0998 e. The van der Waals surface area contributed by atoms with Crippen molar-refractivity contribution in [2.75, 3.05) is 0 Å². The van der Waals surface area contributed by atoms with Gasteiger partial charge in [-0.05, 0) is 6.07 Å². The van der Waals surface area contributed by atoms with Crippen LogP contribution in [0.1, 0.15) is 11.1 Å². The van der Waals surface area contributed by atoms with Gasteiger partial charge in [-0.2, -0.15) is 5.26 Å². The second-order valence-corrected chi connectivity index (χ2v) is 1.84. The predicted octanol–water partition coefficient (Wildman–Crippen LogP) is 1.56. The minimum Gasteiger partial charge on any atom is -0.308 e. The fourth-order valence-electron chi connectivity index (χ4n) is 0.725. The van der Waals surface area contributed by atoms with Gasteiger partial charge in [-0.1, -0.05) is 18.2 Å². The van der Waals surface area contributed by atoms with Crippen LogP contribution in [0.15, 0.2) is 24.3 Å². The molecule has 0 aliphatic heterocycles. The van der Waals surface area contributed by atoms with Crippen molar-refractivity contribution in [3.8, 4) is 6.07 Å². The largest absolute Gasteiger partial charge is 0.308 e. The van der Waals surface area contributed by atoms with Crippen molar-refractivity contribution in [3.63, 3.8) is 0 Å². The van der Waals surface area contributed by atoms with E-state index in [0.29, 0.717) is 11.1 Å². The van der Waals surface area contributed by atoms with Crippen LogP contribution in [0.4, 0.5) is 0 Å². The van der Waals surface area contributed by atoms with Crippen LogP contribution in [0.25, 0.3) is 0 Å². The van der Waals surface area contributed by atoms with E-state index in [0.717, 1.165) is 0 Å². The van der Waals surface area contributed by atoms with E-state index in [1.807, 2.05) is 6.07 Å². The van der Waals surface area contributed by atoms with Crippen molar-refractivity contribution in [2.45, 2.75) is 0 Å². The summed E-state index contributed by atoms with van der Waals surface area (Å²) < 4.78 is 0. The second kappa shape index (κ2) is 2.79. The summed E-state index contributed by atoms with van der Waals surface area (Å²) in [5.74, 6) is 0. The Labute approximate surface area is 59.2 Å². The Morgan fingerprint density at radius 2 is 2.10 bits per heavy atom. The molecule has 0 amide bonds. The maximum Gasteiger partial charge on any atom is 0.0998 e. The first-order valence-electron chi connectivity index (χ1n) is 2.88. The van der Waals surface area contributed by atoms with Crippen LogP contribution in [0, 0.1) is 16.7 Å². The molecule has 0 bridgehead atoms. The zero-order valence-electron chi connectivity index (χ0n) is 5.33. The summed E-state index contributed by atoms with van der Waals surface area (Å²) in [5.41, 5.74) is 1.22. The summed E-state index contributed by atoms with van der Waals surface area (Å²) in [6, 6.07) is 9.02. The Morgan fingerprint density at radius 1 is 1.40 bits per heavy atom. The Kier molecular flexibility index (Phi) is 1.81. The van der Waals surface area contributed by atoms with Crippen molar-refractivity contribution in [2.24, 2.45) is 0 Å². The fraction of sp³-hybridized carbons (Fsp3) is 0. The number of hydrogen-bond donors (Lipinski definition) is 1. The van der Waals surface area contributed by atoms with E-state index in [2.05, 4.69) is 0 Å². The summed E-state index contributed by atoms with van der Waals surface area (Å²) in [6.45, 7) is 0. The monoisotopic (exact) mass is 130 g/mol. The van der Waals surface area contributed by atoms with Crippen LogP contribution >= 0.6 is 0 Å². The van der Waals surface area contributed by atoms with Gasteiger partial charge >= 0.3 is 0 Å². The van der Waals surface area contributed by atoms with E-state index in [1.54, 1.807) is 24.3 Å². The zero-order valence-corrected chi connectivity index (χ0v) is 5.33. The minimum atomic E-state index is 0.553. The average Bonchev–Trinajstić information content (AvgIpc) is 2.04.